The molecule has 2 rings (SSSR count). The van der Waals surface area contributed by atoms with E-state index in [4.69, 9.17) is 0 Å². The van der Waals surface area contributed by atoms with Crippen LogP contribution in [0.3, 0.4) is 0 Å². The van der Waals surface area contributed by atoms with Crippen molar-refractivity contribution in [2.45, 2.75) is 45.6 Å². The second kappa shape index (κ2) is 10.6. The number of nitrogens with zero attached hydrogens (tertiary/aromatic N) is 2. The monoisotopic (exact) mass is 374 g/mol. The van der Waals surface area contributed by atoms with E-state index in [2.05, 4.69) is 10.6 Å². The lowest BCUT2D eigenvalue weighted by molar-refractivity contribution is -0.140. The highest BCUT2D eigenvalue weighted by Gasteiger charge is 2.31. The fourth-order valence-electron chi connectivity index (χ4n) is 3.35. The summed E-state index contributed by atoms with van der Waals surface area (Å²) in [6.07, 6.45) is 2.70. The number of piperazine rings is 1. The van der Waals surface area contributed by atoms with Crippen LogP contribution in [0.25, 0.3) is 0 Å². The van der Waals surface area contributed by atoms with Crippen LogP contribution in [0.5, 0.6) is 0 Å². The second-order valence-electron chi connectivity index (χ2n) is 7.10. The number of likely N-dealkylation sites (tertiary alicyclic amines) is 1. The maximum atomic E-state index is 12.4. The smallest absolute Gasteiger partial charge is 0.236 e. The van der Waals surface area contributed by atoms with Crippen molar-refractivity contribution in [1.29, 1.82) is 0 Å². The molecule has 25 heavy (non-hydrogen) atoms. The molecule has 7 nitrogen and oxygen atoms in total. The highest BCUT2D eigenvalue weighted by Crippen LogP contribution is 2.17. The van der Waals surface area contributed by atoms with Gasteiger partial charge >= 0.3 is 0 Å². The molecule has 0 aromatic rings. The van der Waals surface area contributed by atoms with E-state index in [9.17, 15) is 14.4 Å². The predicted molar refractivity (Wildman–Crippen MR) is 98.5 cm³/mol. The molecule has 0 saturated carbocycles. The third-order valence-corrected chi connectivity index (χ3v) is 4.57. The lowest BCUT2D eigenvalue weighted by Crippen LogP contribution is -2.57. The summed E-state index contributed by atoms with van der Waals surface area (Å²) in [5.41, 5.74) is 0. The number of halogens is 1. The van der Waals surface area contributed by atoms with Crippen LogP contribution in [0.15, 0.2) is 0 Å². The molecule has 2 N–H and O–H groups in total. The Kier molecular flexibility index (Phi) is 9.21. The highest BCUT2D eigenvalue weighted by molar-refractivity contribution is 5.85. The van der Waals surface area contributed by atoms with Gasteiger partial charge in [-0.1, -0.05) is 13.8 Å². The quantitative estimate of drug-likeness (QED) is 0.704. The summed E-state index contributed by atoms with van der Waals surface area (Å²) in [4.78, 5) is 39.8. The van der Waals surface area contributed by atoms with Crippen molar-refractivity contribution in [1.82, 2.24) is 20.4 Å². The van der Waals surface area contributed by atoms with Gasteiger partial charge in [-0.05, 0) is 18.8 Å². The van der Waals surface area contributed by atoms with Crippen molar-refractivity contribution in [2.24, 2.45) is 5.92 Å². The van der Waals surface area contributed by atoms with Gasteiger partial charge < -0.3 is 20.4 Å². The van der Waals surface area contributed by atoms with Crippen LogP contribution < -0.4 is 10.6 Å². The predicted octanol–water partition coefficient (Wildman–Crippen LogP) is 0.383. The zero-order valence-corrected chi connectivity index (χ0v) is 16.1. The summed E-state index contributed by atoms with van der Waals surface area (Å²) in [7, 11) is 0. The molecule has 3 amide bonds. The number of amides is 3. The van der Waals surface area contributed by atoms with Crippen molar-refractivity contribution < 1.29 is 14.4 Å². The highest BCUT2D eigenvalue weighted by atomic mass is 35.5. The minimum absolute atomic E-state index is 0. The Labute approximate surface area is 156 Å². The number of hydrogen-bond acceptors (Lipinski definition) is 4. The molecule has 2 aliphatic heterocycles. The van der Waals surface area contributed by atoms with Gasteiger partial charge in [0.05, 0.1) is 6.54 Å². The minimum Gasteiger partial charge on any atom is -0.356 e. The molecule has 2 heterocycles. The molecular formula is C17H31ClN4O3. The summed E-state index contributed by atoms with van der Waals surface area (Å²) in [6, 6.07) is 0.132. The molecule has 0 spiro atoms. The minimum atomic E-state index is 0. The molecule has 0 aliphatic carbocycles. The van der Waals surface area contributed by atoms with Crippen LogP contribution in [-0.2, 0) is 14.4 Å². The lowest BCUT2D eigenvalue weighted by atomic mass is 10.0. The van der Waals surface area contributed by atoms with Crippen molar-refractivity contribution in [3.8, 4) is 0 Å². The van der Waals surface area contributed by atoms with Crippen LogP contribution in [0.4, 0.5) is 0 Å². The molecule has 8 heteroatoms. The number of carbonyl (C=O) groups is 3. The van der Waals surface area contributed by atoms with E-state index in [1.807, 2.05) is 23.6 Å². The van der Waals surface area contributed by atoms with Crippen molar-refractivity contribution >= 4 is 30.1 Å². The number of rotatable bonds is 6. The van der Waals surface area contributed by atoms with Gasteiger partial charge in [-0.2, -0.15) is 0 Å². The summed E-state index contributed by atoms with van der Waals surface area (Å²) in [5.74, 6) is 0.509. The molecule has 144 valence electrons. The van der Waals surface area contributed by atoms with Gasteiger partial charge in [-0.25, -0.2) is 0 Å². The number of hydrogen-bond donors (Lipinski definition) is 2. The van der Waals surface area contributed by atoms with Crippen molar-refractivity contribution in [2.75, 3.05) is 39.3 Å². The van der Waals surface area contributed by atoms with Crippen molar-refractivity contribution in [3.05, 3.63) is 0 Å². The number of nitrogens with one attached hydrogen (secondary N) is 2. The fraction of sp³-hybridized carbons (Fsp3) is 0.824. The Hall–Kier alpha value is -1.34. The molecule has 2 saturated heterocycles. The van der Waals surface area contributed by atoms with Gasteiger partial charge in [0.1, 0.15) is 0 Å². The Bertz CT molecular complexity index is 473. The van der Waals surface area contributed by atoms with E-state index in [0.29, 0.717) is 38.4 Å². The largest absolute Gasteiger partial charge is 0.356 e. The molecule has 0 radical (unpaired) electrons. The average molecular weight is 375 g/mol. The van der Waals surface area contributed by atoms with E-state index in [1.54, 1.807) is 0 Å². The van der Waals surface area contributed by atoms with Crippen molar-refractivity contribution in [3.63, 3.8) is 0 Å². The third kappa shape index (κ3) is 6.82. The average Bonchev–Trinajstić information content (AvgIpc) is 2.54. The Balaban J connectivity index is 0.00000312. The molecule has 1 atom stereocenters. The molecule has 0 aromatic heterocycles. The van der Waals surface area contributed by atoms with Gasteiger partial charge in [0.15, 0.2) is 0 Å². The Morgan fingerprint density at radius 2 is 2.08 bits per heavy atom. The summed E-state index contributed by atoms with van der Waals surface area (Å²) in [5, 5.41) is 5.88. The van der Waals surface area contributed by atoms with Gasteiger partial charge in [0, 0.05) is 51.6 Å². The molecule has 2 aliphatic rings. The normalized spacial score (nSPS) is 21.1. The molecule has 1 unspecified atom stereocenters. The number of piperidine rings is 1. The molecule has 0 bridgehead atoms. The van der Waals surface area contributed by atoms with Gasteiger partial charge in [-0.3, -0.25) is 14.4 Å². The van der Waals surface area contributed by atoms with Crippen LogP contribution in [0.1, 0.15) is 39.5 Å². The zero-order valence-electron chi connectivity index (χ0n) is 15.3. The van der Waals surface area contributed by atoms with Crippen LogP contribution in [0, 0.1) is 5.92 Å². The zero-order chi connectivity index (χ0) is 17.5. The molecular weight excluding hydrogens is 344 g/mol. The van der Waals surface area contributed by atoms with E-state index < -0.39 is 0 Å². The van der Waals surface area contributed by atoms with E-state index in [1.165, 1.54) is 0 Å². The van der Waals surface area contributed by atoms with Gasteiger partial charge in [-0.15, -0.1) is 12.4 Å². The maximum Gasteiger partial charge on any atom is 0.236 e. The second-order valence-corrected chi connectivity index (χ2v) is 7.10. The topological polar surface area (TPSA) is 81.8 Å². The van der Waals surface area contributed by atoms with Crippen LogP contribution >= 0.6 is 12.4 Å². The van der Waals surface area contributed by atoms with Crippen LogP contribution in [-0.4, -0.2) is 72.8 Å². The first-order chi connectivity index (χ1) is 11.5. The first-order valence-corrected chi connectivity index (χ1v) is 9.02. The Morgan fingerprint density at radius 3 is 2.76 bits per heavy atom. The van der Waals surface area contributed by atoms with Gasteiger partial charge in [0.2, 0.25) is 17.7 Å². The molecule has 0 aromatic carbocycles. The van der Waals surface area contributed by atoms with E-state index in [0.717, 1.165) is 32.5 Å². The number of carbonyl (C=O) groups excluding carboxylic acids is 3. The summed E-state index contributed by atoms with van der Waals surface area (Å²) < 4.78 is 0. The van der Waals surface area contributed by atoms with E-state index in [-0.39, 0.29) is 36.2 Å². The van der Waals surface area contributed by atoms with E-state index >= 15 is 0 Å². The fourth-order valence-corrected chi connectivity index (χ4v) is 3.35. The standard InChI is InChI=1S/C17H30N4O3.ClH/c1-13(2)10-15(22)19-6-5-16(23)20-8-3-4-14(12-20)21-9-7-18-11-17(21)24;/h13-14,18H,3-12H2,1-2H3,(H,19,22);1H. The maximum absolute atomic E-state index is 12.4. The first-order valence-electron chi connectivity index (χ1n) is 9.02. The lowest BCUT2D eigenvalue weighted by Gasteiger charge is -2.41. The Morgan fingerprint density at radius 1 is 1.32 bits per heavy atom. The SMILES string of the molecule is CC(C)CC(=O)NCCC(=O)N1CCCC(N2CCNCC2=O)C1.Cl. The molecule has 2 fully saturated rings. The summed E-state index contributed by atoms with van der Waals surface area (Å²) >= 11 is 0. The van der Waals surface area contributed by atoms with Gasteiger partial charge in [0.25, 0.3) is 0 Å². The summed E-state index contributed by atoms with van der Waals surface area (Å²) in [6.45, 7) is 7.67. The first kappa shape index (κ1) is 21.7. The third-order valence-electron chi connectivity index (χ3n) is 4.57. The van der Waals surface area contributed by atoms with Crippen LogP contribution in [0.2, 0.25) is 0 Å².